The van der Waals surface area contributed by atoms with Gasteiger partial charge in [-0.15, -0.1) is 0 Å². The molecule has 0 N–H and O–H groups in total. The molecule has 0 fully saturated rings. The summed E-state index contributed by atoms with van der Waals surface area (Å²) in [6, 6.07) is 16.4. The third kappa shape index (κ3) is 6.28. The molecule has 0 unspecified atom stereocenters. The van der Waals surface area contributed by atoms with Crippen LogP contribution in [-0.2, 0) is 4.74 Å². The molecule has 2 aromatic rings. The average Bonchev–Trinajstić information content (AvgIpc) is 2.67. The molecule has 0 amide bonds. The van der Waals surface area contributed by atoms with E-state index in [9.17, 15) is 0 Å². The van der Waals surface area contributed by atoms with Crippen LogP contribution in [0.2, 0.25) is 0 Å². The fourth-order valence-electron chi connectivity index (χ4n) is 2.12. The summed E-state index contributed by atoms with van der Waals surface area (Å²) in [6.45, 7) is 8.60. The maximum atomic E-state index is 5.66. The quantitative estimate of drug-likeness (QED) is 0.380. The van der Waals surface area contributed by atoms with Crippen LogP contribution in [0.3, 0.4) is 0 Å². The van der Waals surface area contributed by atoms with Gasteiger partial charge in [0.15, 0.2) is 0 Å². The average molecular weight is 460 g/mol. The van der Waals surface area contributed by atoms with E-state index in [4.69, 9.17) is 4.74 Å². The van der Waals surface area contributed by atoms with Crippen LogP contribution in [0.15, 0.2) is 73.8 Å². The second-order valence-electron chi connectivity index (χ2n) is 5.29. The van der Waals surface area contributed by atoms with E-state index >= 15 is 0 Å². The highest BCUT2D eigenvalue weighted by Gasteiger charge is 1.98. The summed E-state index contributed by atoms with van der Waals surface area (Å²) < 4.78 is 7.70. The maximum absolute atomic E-state index is 5.66. The van der Waals surface area contributed by atoms with Crippen LogP contribution in [0.4, 0.5) is 0 Å². The van der Waals surface area contributed by atoms with Gasteiger partial charge in [0.1, 0.15) is 0 Å². The number of halogens is 2. The Morgan fingerprint density at radius 1 is 0.720 bits per heavy atom. The topological polar surface area (TPSA) is 9.23 Å². The Balaban J connectivity index is 1.84. The highest BCUT2D eigenvalue weighted by molar-refractivity contribution is 9.15. The van der Waals surface area contributed by atoms with Gasteiger partial charge in [-0.2, -0.15) is 0 Å². The highest BCUT2D eigenvalue weighted by Crippen LogP contribution is 2.23. The van der Waals surface area contributed by atoms with Crippen LogP contribution in [0.5, 0.6) is 0 Å². The third-order valence-electron chi connectivity index (χ3n) is 3.61. The van der Waals surface area contributed by atoms with Gasteiger partial charge < -0.3 is 4.74 Å². The van der Waals surface area contributed by atoms with E-state index in [1.165, 1.54) is 0 Å². The summed E-state index contributed by atoms with van der Waals surface area (Å²) in [6.07, 6.45) is 7.70. The zero-order valence-electron chi connectivity index (χ0n) is 13.9. The molecule has 2 rings (SSSR count). The van der Waals surface area contributed by atoms with Gasteiger partial charge in [0.05, 0.1) is 13.2 Å². The van der Waals surface area contributed by atoms with E-state index in [0.717, 1.165) is 31.2 Å². The molecule has 0 saturated carbocycles. The molecule has 1 nitrogen and oxygen atoms in total. The molecule has 0 aliphatic heterocycles. The summed E-state index contributed by atoms with van der Waals surface area (Å²) in [5.74, 6) is 0. The lowest BCUT2D eigenvalue weighted by molar-refractivity contribution is 0.195. The van der Waals surface area contributed by atoms with Crippen molar-refractivity contribution in [3.8, 4) is 0 Å². The summed E-state index contributed by atoms with van der Waals surface area (Å²) in [7, 11) is 0. The Morgan fingerprint density at radius 2 is 1.08 bits per heavy atom. The zero-order valence-corrected chi connectivity index (χ0v) is 17.1. The zero-order chi connectivity index (χ0) is 18.1. The molecule has 2 aromatic carbocycles. The van der Waals surface area contributed by atoms with E-state index in [0.29, 0.717) is 13.2 Å². The first-order valence-electron chi connectivity index (χ1n) is 7.89. The van der Waals surface area contributed by atoms with E-state index in [1.807, 2.05) is 48.6 Å². The lowest BCUT2D eigenvalue weighted by Crippen LogP contribution is -1.92. The van der Waals surface area contributed by atoms with Gasteiger partial charge in [0.25, 0.3) is 0 Å². The van der Waals surface area contributed by atoms with Crippen LogP contribution in [0.25, 0.3) is 21.1 Å². The first kappa shape index (κ1) is 19.6. The Labute approximate surface area is 166 Å². The minimum absolute atomic E-state index is 0.538. The van der Waals surface area contributed by atoms with Crippen LogP contribution in [-0.4, -0.2) is 13.2 Å². The molecule has 128 valence electrons. The van der Waals surface area contributed by atoms with Gasteiger partial charge in [-0.3, -0.25) is 0 Å². The molecule has 0 bridgehead atoms. The smallest absolute Gasteiger partial charge is 0.0665 e. The molecule has 0 aliphatic rings. The third-order valence-corrected chi connectivity index (χ3v) is 5.17. The van der Waals surface area contributed by atoms with Crippen molar-refractivity contribution in [2.45, 2.75) is 0 Å². The number of ether oxygens (including phenoxy) is 1. The minimum atomic E-state index is 0.538. The molecule has 25 heavy (non-hydrogen) atoms. The first-order valence-corrected chi connectivity index (χ1v) is 9.47. The number of rotatable bonds is 8. The van der Waals surface area contributed by atoms with Crippen molar-refractivity contribution in [2.24, 2.45) is 0 Å². The van der Waals surface area contributed by atoms with Gasteiger partial charge in [-0.05, 0) is 34.4 Å². The van der Waals surface area contributed by atoms with Crippen LogP contribution < -0.4 is 0 Å². The number of benzene rings is 2. The minimum Gasteiger partial charge on any atom is -0.373 e. The van der Waals surface area contributed by atoms with Crippen LogP contribution >= 0.6 is 31.9 Å². The maximum Gasteiger partial charge on any atom is 0.0665 e. The standard InChI is InChI=1S/C22H20Br2O/c1-3-17-5-9-19(10-6-17)21(23)13-15-25-16-14-22(24)20-11-7-18(4-2)8-12-20/h3-14H,1-2,15-16H2. The molecular formula is C22H20Br2O. The molecule has 0 saturated heterocycles. The van der Waals surface area contributed by atoms with Crippen molar-refractivity contribution in [3.63, 3.8) is 0 Å². The van der Waals surface area contributed by atoms with Crippen LogP contribution in [0, 0.1) is 0 Å². The van der Waals surface area contributed by atoms with Crippen molar-refractivity contribution in [1.29, 1.82) is 0 Å². The van der Waals surface area contributed by atoms with Crippen molar-refractivity contribution >= 4 is 53.0 Å². The van der Waals surface area contributed by atoms with E-state index in [-0.39, 0.29) is 0 Å². The normalized spacial score (nSPS) is 12.1. The monoisotopic (exact) mass is 458 g/mol. The molecule has 3 heteroatoms. The Hall–Kier alpha value is -1.68. The first-order chi connectivity index (χ1) is 12.1. The highest BCUT2D eigenvalue weighted by atomic mass is 79.9. The second kappa shape index (κ2) is 10.3. The molecule has 0 radical (unpaired) electrons. The van der Waals surface area contributed by atoms with Gasteiger partial charge in [0.2, 0.25) is 0 Å². The van der Waals surface area contributed by atoms with Crippen LogP contribution in [0.1, 0.15) is 22.3 Å². The lowest BCUT2D eigenvalue weighted by atomic mass is 10.1. The molecule has 0 aliphatic carbocycles. The largest absolute Gasteiger partial charge is 0.373 e. The predicted molar refractivity (Wildman–Crippen MR) is 118 cm³/mol. The summed E-state index contributed by atoms with van der Waals surface area (Å²) in [5.41, 5.74) is 4.45. The van der Waals surface area contributed by atoms with Crippen molar-refractivity contribution in [2.75, 3.05) is 13.2 Å². The summed E-state index contributed by atoms with van der Waals surface area (Å²) >= 11 is 7.17. The summed E-state index contributed by atoms with van der Waals surface area (Å²) in [4.78, 5) is 0. The van der Waals surface area contributed by atoms with Gasteiger partial charge in [-0.25, -0.2) is 0 Å². The molecule has 0 aromatic heterocycles. The number of hydrogen-bond acceptors (Lipinski definition) is 1. The number of hydrogen-bond donors (Lipinski definition) is 0. The lowest BCUT2D eigenvalue weighted by Gasteiger charge is -2.03. The molecular weight excluding hydrogens is 440 g/mol. The second-order valence-corrected chi connectivity index (χ2v) is 7.00. The molecule has 0 atom stereocenters. The van der Waals surface area contributed by atoms with Crippen molar-refractivity contribution < 1.29 is 4.74 Å². The SMILES string of the molecule is C=Cc1ccc(C(Br)=CCOCC=C(Br)c2ccc(C=C)cc2)cc1. The Bertz CT molecular complexity index is 701. The van der Waals surface area contributed by atoms with Gasteiger partial charge in [-0.1, -0.05) is 106 Å². The van der Waals surface area contributed by atoms with Gasteiger partial charge >= 0.3 is 0 Å². The van der Waals surface area contributed by atoms with E-state index < -0.39 is 0 Å². The molecule has 0 heterocycles. The van der Waals surface area contributed by atoms with E-state index in [2.05, 4.69) is 69.3 Å². The van der Waals surface area contributed by atoms with Crippen molar-refractivity contribution in [3.05, 3.63) is 96.1 Å². The fourth-order valence-corrected chi connectivity index (χ4v) is 2.92. The van der Waals surface area contributed by atoms with Gasteiger partial charge in [0, 0.05) is 8.96 Å². The van der Waals surface area contributed by atoms with E-state index in [1.54, 1.807) is 0 Å². The Kier molecular flexibility index (Phi) is 8.13. The van der Waals surface area contributed by atoms with Crippen molar-refractivity contribution in [1.82, 2.24) is 0 Å². The Morgan fingerprint density at radius 3 is 1.40 bits per heavy atom. The predicted octanol–water partition coefficient (Wildman–Crippen LogP) is 7.16. The summed E-state index contributed by atoms with van der Waals surface area (Å²) in [5, 5.41) is 0. The molecule has 0 spiro atoms. The fraction of sp³-hybridized carbons (Fsp3) is 0.0909.